The number of amides is 2. The van der Waals surface area contributed by atoms with Gasteiger partial charge in [-0.15, -0.1) is 0 Å². The molecule has 2 amide bonds. The van der Waals surface area contributed by atoms with Gasteiger partial charge in [-0.2, -0.15) is 0 Å². The van der Waals surface area contributed by atoms with Gasteiger partial charge in [-0.3, -0.25) is 14.9 Å². The van der Waals surface area contributed by atoms with Crippen molar-refractivity contribution in [3.8, 4) is 0 Å². The highest BCUT2D eigenvalue weighted by atomic mass is 19.1. The Balaban J connectivity index is 0.00000200. The third kappa shape index (κ3) is 2.65. The van der Waals surface area contributed by atoms with Crippen LogP contribution in [0.15, 0.2) is 24.8 Å². The van der Waals surface area contributed by atoms with E-state index in [9.17, 15) is 14.0 Å². The van der Waals surface area contributed by atoms with Crippen molar-refractivity contribution in [3.05, 3.63) is 36.2 Å². The Morgan fingerprint density at radius 1 is 1.53 bits per heavy atom. The highest BCUT2D eigenvalue weighted by molar-refractivity contribution is 6.01. The average Bonchev–Trinajstić information content (AvgIpc) is 2.38. The van der Waals surface area contributed by atoms with Gasteiger partial charge in [-0.25, -0.2) is 4.39 Å². The molecule has 1 N–H and O–H groups in total. The lowest BCUT2D eigenvalue weighted by Gasteiger charge is -2.31. The number of nitrogens with zero attached hydrogens (tertiary/aromatic N) is 1. The molecule has 1 aromatic carbocycles. The minimum Gasteiger partial charge on any atom is -0.363 e. The maximum absolute atomic E-state index is 13.4. The number of carbonyl (C=O) groups excluding carboxylic acids is 2. The molecule has 2 rings (SSSR count). The Bertz CT molecular complexity index is 548. The lowest BCUT2D eigenvalue weighted by Crippen LogP contribution is -2.51. The van der Waals surface area contributed by atoms with Gasteiger partial charge in [0.25, 0.3) is 0 Å². The zero-order valence-corrected chi connectivity index (χ0v) is 10.6. The van der Waals surface area contributed by atoms with E-state index in [1.165, 1.54) is 12.1 Å². The number of nitrogens with one attached hydrogen (secondary N) is 1. The fraction of sp³-hybridized carbons (Fsp3) is 0.286. The fourth-order valence-electron chi connectivity index (χ4n) is 2.14. The molecule has 1 aliphatic heterocycles. The van der Waals surface area contributed by atoms with Crippen LogP contribution in [-0.2, 0) is 9.59 Å². The van der Waals surface area contributed by atoms with Gasteiger partial charge in [-0.1, -0.05) is 12.7 Å². The molecule has 102 valence electrons. The van der Waals surface area contributed by atoms with E-state index in [0.717, 1.165) is 0 Å². The van der Waals surface area contributed by atoms with Gasteiger partial charge in [-0.05, 0) is 24.6 Å². The predicted octanol–water partition coefficient (Wildman–Crippen LogP) is 1.96. The molecule has 0 radical (unpaired) electrons. The largest absolute Gasteiger partial charge is 0.363 e. The predicted molar refractivity (Wildman–Crippen MR) is 73.2 cm³/mol. The number of likely N-dealkylation sites (N-methyl/N-ethyl adjacent to an activating group) is 1. The standard InChI is InChI=1S/C14H15FN2O2.H2/c1-3-9-8-10(4-5-11(9)15)17(2)12-6-7-13(18)16-14(12)19;/h3-5,8,12H,1,6-7H2,2H3,(H,16,18,19);1H. The molecule has 1 fully saturated rings. The summed E-state index contributed by atoms with van der Waals surface area (Å²) in [5.74, 6) is -0.917. The van der Waals surface area contributed by atoms with Gasteiger partial charge < -0.3 is 4.90 Å². The number of hydrogen-bond donors (Lipinski definition) is 1. The third-order valence-electron chi connectivity index (χ3n) is 3.28. The number of carbonyl (C=O) groups is 2. The Kier molecular flexibility index (Phi) is 3.64. The van der Waals surface area contributed by atoms with E-state index >= 15 is 0 Å². The van der Waals surface area contributed by atoms with E-state index in [0.29, 0.717) is 24.1 Å². The summed E-state index contributed by atoms with van der Waals surface area (Å²) in [7, 11) is 1.75. The summed E-state index contributed by atoms with van der Waals surface area (Å²) in [5, 5.41) is 2.31. The lowest BCUT2D eigenvalue weighted by molar-refractivity contribution is -0.134. The minimum atomic E-state index is -0.416. The molecule has 1 aliphatic rings. The van der Waals surface area contributed by atoms with E-state index in [1.807, 2.05) is 0 Å². The Labute approximate surface area is 112 Å². The first kappa shape index (κ1) is 13.3. The van der Waals surface area contributed by atoms with Gasteiger partial charge >= 0.3 is 0 Å². The first-order valence-corrected chi connectivity index (χ1v) is 6.01. The molecule has 0 aliphatic carbocycles. The maximum Gasteiger partial charge on any atom is 0.249 e. The van der Waals surface area contributed by atoms with Crippen molar-refractivity contribution in [2.45, 2.75) is 18.9 Å². The normalized spacial score (nSPS) is 18.9. The number of rotatable bonds is 3. The number of benzene rings is 1. The second-order valence-corrected chi connectivity index (χ2v) is 4.49. The molecule has 1 saturated heterocycles. The molecule has 1 heterocycles. The van der Waals surface area contributed by atoms with Crippen LogP contribution in [0.1, 0.15) is 19.8 Å². The van der Waals surface area contributed by atoms with Crippen LogP contribution in [0.4, 0.5) is 10.1 Å². The molecule has 0 spiro atoms. The SMILES string of the molecule is C=Cc1cc(N(C)C2CCC(=O)NC2=O)ccc1F.[HH]. The van der Waals surface area contributed by atoms with Crippen LogP contribution < -0.4 is 10.2 Å². The van der Waals surface area contributed by atoms with Crippen LogP contribution >= 0.6 is 0 Å². The molecule has 4 nitrogen and oxygen atoms in total. The molecule has 0 saturated carbocycles. The second kappa shape index (κ2) is 5.22. The molecule has 5 heteroatoms. The van der Waals surface area contributed by atoms with Gasteiger partial charge in [0.15, 0.2) is 0 Å². The van der Waals surface area contributed by atoms with Crippen LogP contribution in [-0.4, -0.2) is 24.9 Å². The smallest absolute Gasteiger partial charge is 0.249 e. The Hall–Kier alpha value is -2.17. The van der Waals surface area contributed by atoms with E-state index < -0.39 is 6.04 Å². The molecule has 0 bridgehead atoms. The highest BCUT2D eigenvalue weighted by Gasteiger charge is 2.30. The summed E-state index contributed by atoms with van der Waals surface area (Å²) < 4.78 is 13.4. The van der Waals surface area contributed by atoms with E-state index in [1.54, 1.807) is 24.1 Å². The second-order valence-electron chi connectivity index (χ2n) is 4.49. The Morgan fingerprint density at radius 2 is 2.26 bits per heavy atom. The van der Waals surface area contributed by atoms with E-state index in [-0.39, 0.29) is 19.1 Å². The minimum absolute atomic E-state index is 0. The van der Waals surface area contributed by atoms with E-state index in [2.05, 4.69) is 11.9 Å². The number of hydrogen-bond acceptors (Lipinski definition) is 3. The maximum atomic E-state index is 13.4. The monoisotopic (exact) mass is 264 g/mol. The number of halogens is 1. The zero-order chi connectivity index (χ0) is 14.0. The Morgan fingerprint density at radius 3 is 2.89 bits per heavy atom. The molecule has 19 heavy (non-hydrogen) atoms. The number of imide groups is 1. The molecule has 1 atom stereocenters. The van der Waals surface area contributed by atoms with Gasteiger partial charge in [0, 0.05) is 26.1 Å². The van der Waals surface area contributed by atoms with Crippen molar-refractivity contribution in [3.63, 3.8) is 0 Å². The summed E-state index contributed by atoms with van der Waals surface area (Å²) in [6, 6.07) is 4.16. The van der Waals surface area contributed by atoms with E-state index in [4.69, 9.17) is 0 Å². The first-order chi connectivity index (χ1) is 9.02. The summed E-state index contributed by atoms with van der Waals surface area (Å²) >= 11 is 0. The van der Waals surface area contributed by atoms with Crippen molar-refractivity contribution >= 4 is 23.6 Å². The molecule has 1 unspecified atom stereocenters. The summed E-state index contributed by atoms with van der Waals surface area (Å²) in [6.07, 6.45) is 2.20. The lowest BCUT2D eigenvalue weighted by atomic mass is 10.0. The van der Waals surface area contributed by atoms with Crippen LogP contribution in [0.2, 0.25) is 0 Å². The van der Waals surface area contributed by atoms with Crippen molar-refractivity contribution in [1.29, 1.82) is 0 Å². The average molecular weight is 264 g/mol. The van der Waals surface area contributed by atoms with Crippen molar-refractivity contribution in [2.75, 3.05) is 11.9 Å². The number of anilines is 1. The molecular formula is C14H17FN2O2. The topological polar surface area (TPSA) is 49.4 Å². The number of piperidine rings is 1. The highest BCUT2D eigenvalue weighted by Crippen LogP contribution is 2.23. The summed E-state index contributed by atoms with van der Waals surface area (Å²) in [6.45, 7) is 3.55. The van der Waals surface area contributed by atoms with Gasteiger partial charge in [0.2, 0.25) is 11.8 Å². The van der Waals surface area contributed by atoms with Gasteiger partial charge in [0.1, 0.15) is 11.9 Å². The first-order valence-electron chi connectivity index (χ1n) is 6.01. The molecule has 0 aromatic heterocycles. The van der Waals surface area contributed by atoms with Crippen LogP contribution in [0, 0.1) is 5.82 Å². The quantitative estimate of drug-likeness (QED) is 0.849. The van der Waals surface area contributed by atoms with Gasteiger partial charge in [0.05, 0.1) is 0 Å². The fourth-order valence-corrected chi connectivity index (χ4v) is 2.14. The third-order valence-corrected chi connectivity index (χ3v) is 3.28. The molecular weight excluding hydrogens is 247 g/mol. The zero-order valence-electron chi connectivity index (χ0n) is 10.6. The van der Waals surface area contributed by atoms with Crippen LogP contribution in [0.25, 0.3) is 6.08 Å². The molecule has 1 aromatic rings. The summed E-state index contributed by atoms with van der Waals surface area (Å²) in [4.78, 5) is 24.6. The van der Waals surface area contributed by atoms with Crippen LogP contribution in [0.3, 0.4) is 0 Å². The van der Waals surface area contributed by atoms with Crippen molar-refractivity contribution in [1.82, 2.24) is 5.32 Å². The van der Waals surface area contributed by atoms with Crippen LogP contribution in [0.5, 0.6) is 0 Å². The van der Waals surface area contributed by atoms with Crippen molar-refractivity contribution < 1.29 is 15.4 Å². The summed E-state index contributed by atoms with van der Waals surface area (Å²) in [5.41, 5.74) is 1.10. The van der Waals surface area contributed by atoms with Crippen molar-refractivity contribution in [2.24, 2.45) is 0 Å².